The Labute approximate surface area is 226 Å². The third-order valence-corrected chi connectivity index (χ3v) is 7.00. The number of allylic oxidation sites excluding steroid dienone is 2. The molecule has 2 heterocycles. The summed E-state index contributed by atoms with van der Waals surface area (Å²) >= 11 is 0. The van der Waals surface area contributed by atoms with Crippen LogP contribution < -0.4 is 9.64 Å². The normalized spacial score (nSPS) is 11.2. The number of methoxy groups -OCH3 is 1. The number of rotatable bonds is 6. The van der Waals surface area contributed by atoms with E-state index in [0.29, 0.717) is 34.5 Å². The van der Waals surface area contributed by atoms with Crippen molar-refractivity contribution in [1.29, 1.82) is 0 Å². The lowest BCUT2D eigenvalue weighted by atomic mass is 10.0. The zero-order chi connectivity index (χ0) is 27.1. The molecule has 0 atom stereocenters. The van der Waals surface area contributed by atoms with Gasteiger partial charge in [-0.15, -0.1) is 0 Å². The number of benzene rings is 4. The number of halogens is 1. The molecule has 0 aliphatic heterocycles. The summed E-state index contributed by atoms with van der Waals surface area (Å²) in [4.78, 5) is 15.4. The zero-order valence-electron chi connectivity index (χ0n) is 22.2. The molecule has 0 saturated carbocycles. The number of aromatic nitrogens is 4. The van der Waals surface area contributed by atoms with E-state index in [1.165, 1.54) is 6.07 Å². The van der Waals surface area contributed by atoms with Crippen molar-refractivity contribution >= 4 is 45.3 Å². The number of hydrogen-bond donors (Lipinski definition) is 1. The van der Waals surface area contributed by atoms with Gasteiger partial charge in [0.1, 0.15) is 11.6 Å². The van der Waals surface area contributed by atoms with Crippen LogP contribution in [0.4, 0.5) is 22.0 Å². The van der Waals surface area contributed by atoms with Crippen molar-refractivity contribution in [1.82, 2.24) is 19.5 Å². The van der Waals surface area contributed by atoms with E-state index in [9.17, 15) is 0 Å². The molecule has 194 valence electrons. The van der Waals surface area contributed by atoms with Crippen LogP contribution in [0, 0.1) is 5.82 Å². The topological polar surface area (TPSA) is 59.0 Å². The zero-order valence-corrected chi connectivity index (χ0v) is 22.2. The van der Waals surface area contributed by atoms with Crippen molar-refractivity contribution in [3.05, 3.63) is 102 Å². The molecule has 7 heteroatoms. The Morgan fingerprint density at radius 2 is 1.54 bits per heavy atom. The summed E-state index contributed by atoms with van der Waals surface area (Å²) in [5.41, 5.74) is 7.53. The maximum absolute atomic E-state index is 15.4. The minimum atomic E-state index is -0.346. The third-order valence-electron chi connectivity index (χ3n) is 7.00. The first kappa shape index (κ1) is 24.4. The van der Waals surface area contributed by atoms with Crippen molar-refractivity contribution in [3.63, 3.8) is 0 Å². The molecule has 0 aliphatic carbocycles. The van der Waals surface area contributed by atoms with Gasteiger partial charge in [-0.1, -0.05) is 48.0 Å². The summed E-state index contributed by atoms with van der Waals surface area (Å²) in [5, 5.41) is 0. The average molecular weight is 518 g/mol. The summed E-state index contributed by atoms with van der Waals surface area (Å²) in [6.45, 7) is 6.24. The van der Waals surface area contributed by atoms with Crippen LogP contribution in [0.15, 0.2) is 96.6 Å². The van der Waals surface area contributed by atoms with Crippen LogP contribution in [0.2, 0.25) is 0 Å². The molecule has 1 N–H and O–H groups in total. The second-order valence-corrected chi connectivity index (χ2v) is 9.60. The van der Waals surface area contributed by atoms with E-state index in [1.807, 2.05) is 77.7 Å². The second kappa shape index (κ2) is 9.76. The predicted molar refractivity (Wildman–Crippen MR) is 156 cm³/mol. The van der Waals surface area contributed by atoms with Crippen LogP contribution >= 0.6 is 0 Å². The first-order valence-electron chi connectivity index (χ1n) is 12.8. The monoisotopic (exact) mass is 517 g/mol. The van der Waals surface area contributed by atoms with Gasteiger partial charge in [0.2, 0.25) is 11.9 Å². The molecule has 6 rings (SSSR count). The van der Waals surface area contributed by atoms with Gasteiger partial charge in [0.25, 0.3) is 0 Å². The van der Waals surface area contributed by atoms with Crippen molar-refractivity contribution < 1.29 is 9.13 Å². The van der Waals surface area contributed by atoms with Gasteiger partial charge in [0.05, 0.1) is 34.9 Å². The Kier molecular flexibility index (Phi) is 6.11. The molecular formula is C32H28FN5O. The van der Waals surface area contributed by atoms with E-state index >= 15 is 4.39 Å². The van der Waals surface area contributed by atoms with E-state index < -0.39 is 0 Å². The van der Waals surface area contributed by atoms with Gasteiger partial charge in [-0.05, 0) is 69.3 Å². The second-order valence-electron chi connectivity index (χ2n) is 9.60. The summed E-state index contributed by atoms with van der Waals surface area (Å²) in [7, 11) is 1.59. The molecule has 0 saturated heterocycles. The smallest absolute Gasteiger partial charge is 0.222 e. The van der Waals surface area contributed by atoms with Gasteiger partial charge in [0, 0.05) is 16.8 Å². The van der Waals surface area contributed by atoms with Gasteiger partial charge in [-0.2, -0.15) is 0 Å². The molecule has 0 fully saturated rings. The largest absolute Gasteiger partial charge is 0.496 e. The standard InChI is InChI=1S/C32H28FN5O/c1-20(2)21(3)37-29-15-9-8-14-28(29)36-32(37)38(31-34-26-12-6-7-13-27(26)35-31)22-17-18-25(33)24(19-22)23-11-5-10-16-30(23)39-4/h5-19H,1-4H3,(H,34,35). The van der Waals surface area contributed by atoms with Gasteiger partial charge in [-0.3, -0.25) is 4.57 Å². The lowest BCUT2D eigenvalue weighted by Gasteiger charge is -2.24. The maximum Gasteiger partial charge on any atom is 0.222 e. The van der Waals surface area contributed by atoms with Gasteiger partial charge >= 0.3 is 0 Å². The number of aromatic amines is 1. The van der Waals surface area contributed by atoms with E-state index in [4.69, 9.17) is 14.7 Å². The molecule has 0 radical (unpaired) electrons. The van der Waals surface area contributed by atoms with E-state index in [2.05, 4.69) is 36.4 Å². The Hall–Kier alpha value is -4.91. The molecule has 0 bridgehead atoms. The van der Waals surface area contributed by atoms with Crippen molar-refractivity contribution in [2.45, 2.75) is 20.8 Å². The van der Waals surface area contributed by atoms with Crippen molar-refractivity contribution in [3.8, 4) is 16.9 Å². The summed E-state index contributed by atoms with van der Waals surface area (Å²) < 4.78 is 23.1. The van der Waals surface area contributed by atoms with E-state index in [0.717, 1.165) is 33.3 Å². The molecule has 6 aromatic rings. The number of para-hydroxylation sites is 5. The van der Waals surface area contributed by atoms with Crippen LogP contribution in [-0.2, 0) is 0 Å². The average Bonchev–Trinajstić information content (AvgIpc) is 3.55. The number of hydrogen-bond acceptors (Lipinski definition) is 4. The van der Waals surface area contributed by atoms with Gasteiger partial charge < -0.3 is 9.72 Å². The van der Waals surface area contributed by atoms with E-state index in [-0.39, 0.29) is 5.82 Å². The molecule has 0 spiro atoms. The molecule has 6 nitrogen and oxygen atoms in total. The first-order chi connectivity index (χ1) is 19.0. The Balaban J connectivity index is 1.66. The number of ether oxygens (including phenoxy) is 1. The number of fused-ring (bicyclic) bond motifs is 2. The van der Waals surface area contributed by atoms with Gasteiger partial charge in [0.15, 0.2) is 0 Å². The van der Waals surface area contributed by atoms with Crippen molar-refractivity contribution in [2.24, 2.45) is 0 Å². The van der Waals surface area contributed by atoms with E-state index in [1.54, 1.807) is 13.2 Å². The number of anilines is 3. The lowest BCUT2D eigenvalue weighted by Crippen LogP contribution is -2.17. The first-order valence-corrected chi connectivity index (χ1v) is 12.8. The molecular weight excluding hydrogens is 489 g/mol. The summed E-state index contributed by atoms with van der Waals surface area (Å²) in [5.74, 6) is 1.47. The number of nitrogens with zero attached hydrogens (tertiary/aromatic N) is 4. The fraction of sp³-hybridized carbons (Fsp3) is 0.125. The third kappa shape index (κ3) is 4.22. The summed E-state index contributed by atoms with van der Waals surface area (Å²) in [6, 6.07) is 28.4. The van der Waals surface area contributed by atoms with Crippen LogP contribution in [0.5, 0.6) is 5.75 Å². The number of imidazole rings is 2. The minimum absolute atomic E-state index is 0.346. The highest BCUT2D eigenvalue weighted by Crippen LogP contribution is 2.40. The molecule has 0 amide bonds. The number of nitrogens with one attached hydrogen (secondary N) is 1. The Morgan fingerprint density at radius 3 is 2.31 bits per heavy atom. The fourth-order valence-corrected chi connectivity index (χ4v) is 4.82. The minimum Gasteiger partial charge on any atom is -0.496 e. The highest BCUT2D eigenvalue weighted by Gasteiger charge is 2.25. The van der Waals surface area contributed by atoms with Crippen LogP contribution in [-0.4, -0.2) is 26.6 Å². The highest BCUT2D eigenvalue weighted by atomic mass is 19.1. The highest BCUT2D eigenvalue weighted by molar-refractivity contribution is 5.89. The maximum atomic E-state index is 15.4. The molecule has 4 aromatic carbocycles. The SMILES string of the molecule is COc1ccccc1-c1cc(N(c2nc3ccccc3[nH]2)c2nc3ccccc3n2C(C)=C(C)C)ccc1F. The van der Waals surface area contributed by atoms with Crippen LogP contribution in [0.25, 0.3) is 38.9 Å². The predicted octanol–water partition coefficient (Wildman–Crippen LogP) is 8.47. The fourth-order valence-electron chi connectivity index (χ4n) is 4.82. The lowest BCUT2D eigenvalue weighted by molar-refractivity contribution is 0.416. The molecule has 0 unspecified atom stereocenters. The van der Waals surface area contributed by atoms with Crippen molar-refractivity contribution in [2.75, 3.05) is 12.0 Å². The summed E-state index contributed by atoms with van der Waals surface area (Å²) in [6.07, 6.45) is 0. The van der Waals surface area contributed by atoms with Crippen LogP contribution in [0.3, 0.4) is 0 Å². The Bertz CT molecular complexity index is 1830. The molecule has 2 aromatic heterocycles. The molecule has 39 heavy (non-hydrogen) atoms. The quantitative estimate of drug-likeness (QED) is 0.241. The molecule has 0 aliphatic rings. The van der Waals surface area contributed by atoms with Crippen LogP contribution in [0.1, 0.15) is 20.8 Å². The number of H-pyrrole nitrogens is 1. The Morgan fingerprint density at radius 1 is 0.821 bits per heavy atom. The van der Waals surface area contributed by atoms with Gasteiger partial charge in [-0.25, -0.2) is 19.3 Å².